The third-order valence-corrected chi connectivity index (χ3v) is 5.23. The van der Waals surface area contributed by atoms with E-state index in [0.717, 1.165) is 5.56 Å². The SMILES string of the molecule is COc1cc(Cl)ccc1C(=O)c1cccn1-c1cc[nH]c1C(=O)c1ccccc1C. The van der Waals surface area contributed by atoms with Crippen LogP contribution in [0, 0.1) is 6.92 Å². The Morgan fingerprint density at radius 1 is 0.967 bits per heavy atom. The van der Waals surface area contributed by atoms with Crippen LogP contribution in [0.25, 0.3) is 5.69 Å². The highest BCUT2D eigenvalue weighted by atomic mass is 35.5. The normalized spacial score (nSPS) is 10.8. The van der Waals surface area contributed by atoms with Gasteiger partial charge in [-0.15, -0.1) is 0 Å². The van der Waals surface area contributed by atoms with Crippen LogP contribution >= 0.6 is 11.6 Å². The van der Waals surface area contributed by atoms with Gasteiger partial charge in [-0.2, -0.15) is 0 Å². The minimum Gasteiger partial charge on any atom is -0.496 e. The number of carbonyl (C=O) groups excluding carboxylic acids is 2. The molecule has 0 bridgehead atoms. The second-order valence-electron chi connectivity index (χ2n) is 6.82. The van der Waals surface area contributed by atoms with Gasteiger partial charge in [0.05, 0.1) is 24.1 Å². The molecule has 0 fully saturated rings. The third-order valence-electron chi connectivity index (χ3n) is 4.99. The summed E-state index contributed by atoms with van der Waals surface area (Å²) >= 11 is 6.03. The second kappa shape index (κ2) is 8.05. The molecule has 0 spiro atoms. The van der Waals surface area contributed by atoms with Crippen LogP contribution in [0.1, 0.15) is 37.7 Å². The van der Waals surface area contributed by atoms with Gasteiger partial charge in [-0.05, 0) is 48.9 Å². The van der Waals surface area contributed by atoms with Crippen LogP contribution in [0.5, 0.6) is 5.75 Å². The number of rotatable bonds is 6. The molecule has 0 atom stereocenters. The molecular formula is C24H19ClN2O3. The summed E-state index contributed by atoms with van der Waals surface area (Å²) in [5, 5.41) is 0.482. The predicted octanol–water partition coefficient (Wildman–Crippen LogP) is 5.24. The number of nitrogens with one attached hydrogen (secondary N) is 1. The molecule has 4 rings (SSSR count). The summed E-state index contributed by atoms with van der Waals surface area (Å²) < 4.78 is 7.04. The van der Waals surface area contributed by atoms with Crippen LogP contribution in [0.4, 0.5) is 0 Å². The molecule has 0 amide bonds. The van der Waals surface area contributed by atoms with Crippen molar-refractivity contribution in [3.63, 3.8) is 0 Å². The Labute approximate surface area is 178 Å². The van der Waals surface area contributed by atoms with Gasteiger partial charge in [0.15, 0.2) is 0 Å². The van der Waals surface area contributed by atoms with E-state index in [0.29, 0.717) is 39.0 Å². The van der Waals surface area contributed by atoms with E-state index in [9.17, 15) is 9.59 Å². The lowest BCUT2D eigenvalue weighted by Crippen LogP contribution is -2.13. The number of ketones is 2. The first-order valence-corrected chi connectivity index (χ1v) is 9.72. The lowest BCUT2D eigenvalue weighted by Gasteiger charge is -2.12. The zero-order valence-corrected chi connectivity index (χ0v) is 17.2. The number of aromatic nitrogens is 2. The van der Waals surface area contributed by atoms with Crippen LogP contribution in [0.3, 0.4) is 0 Å². The fourth-order valence-electron chi connectivity index (χ4n) is 3.47. The molecule has 0 aliphatic rings. The van der Waals surface area contributed by atoms with Gasteiger partial charge in [-0.1, -0.05) is 35.9 Å². The maximum Gasteiger partial charge on any atom is 0.213 e. The number of H-pyrrole nitrogens is 1. The number of benzene rings is 2. The lowest BCUT2D eigenvalue weighted by atomic mass is 10.0. The van der Waals surface area contributed by atoms with Crippen LogP contribution in [-0.4, -0.2) is 28.2 Å². The lowest BCUT2D eigenvalue weighted by molar-refractivity contribution is 0.102. The quantitative estimate of drug-likeness (QED) is 0.435. The Morgan fingerprint density at radius 3 is 2.53 bits per heavy atom. The maximum atomic E-state index is 13.3. The summed E-state index contributed by atoms with van der Waals surface area (Å²) in [6.45, 7) is 1.90. The summed E-state index contributed by atoms with van der Waals surface area (Å²) in [5.41, 5.74) is 3.32. The van der Waals surface area contributed by atoms with Crippen molar-refractivity contribution >= 4 is 23.2 Å². The van der Waals surface area contributed by atoms with Gasteiger partial charge in [-0.25, -0.2) is 0 Å². The minimum absolute atomic E-state index is 0.135. The number of hydrogen-bond acceptors (Lipinski definition) is 3. The van der Waals surface area contributed by atoms with E-state index in [1.165, 1.54) is 7.11 Å². The van der Waals surface area contributed by atoms with Crippen molar-refractivity contribution < 1.29 is 14.3 Å². The topological polar surface area (TPSA) is 64.1 Å². The van der Waals surface area contributed by atoms with Crippen molar-refractivity contribution in [2.75, 3.05) is 7.11 Å². The van der Waals surface area contributed by atoms with Gasteiger partial charge < -0.3 is 14.3 Å². The molecule has 5 nitrogen and oxygen atoms in total. The van der Waals surface area contributed by atoms with Crippen LogP contribution in [-0.2, 0) is 0 Å². The first kappa shape index (κ1) is 19.7. The second-order valence-corrected chi connectivity index (χ2v) is 7.26. The number of aromatic amines is 1. The van der Waals surface area contributed by atoms with Gasteiger partial charge in [-0.3, -0.25) is 9.59 Å². The zero-order chi connectivity index (χ0) is 21.3. The van der Waals surface area contributed by atoms with Gasteiger partial charge in [0, 0.05) is 23.0 Å². The summed E-state index contributed by atoms with van der Waals surface area (Å²) in [4.78, 5) is 29.5. The molecule has 0 aliphatic carbocycles. The number of ether oxygens (including phenoxy) is 1. The van der Waals surface area contributed by atoms with Crippen molar-refractivity contribution in [3.05, 3.63) is 106 Å². The zero-order valence-electron chi connectivity index (χ0n) is 16.5. The molecule has 6 heteroatoms. The largest absolute Gasteiger partial charge is 0.496 e. The van der Waals surface area contributed by atoms with Crippen molar-refractivity contribution in [2.45, 2.75) is 6.92 Å². The highest BCUT2D eigenvalue weighted by molar-refractivity contribution is 6.31. The van der Waals surface area contributed by atoms with E-state index in [1.807, 2.05) is 25.1 Å². The first-order valence-electron chi connectivity index (χ1n) is 9.35. The smallest absolute Gasteiger partial charge is 0.213 e. The molecule has 0 aliphatic heterocycles. The van der Waals surface area contributed by atoms with Crippen molar-refractivity contribution in [1.29, 1.82) is 0 Å². The number of nitrogens with zero attached hydrogens (tertiary/aromatic N) is 1. The highest BCUT2D eigenvalue weighted by Crippen LogP contribution is 2.28. The number of carbonyl (C=O) groups is 2. The maximum absolute atomic E-state index is 13.3. The molecule has 0 radical (unpaired) electrons. The number of aryl methyl sites for hydroxylation is 1. The Balaban J connectivity index is 1.77. The summed E-state index contributed by atoms with van der Waals surface area (Å²) in [5.74, 6) is 0.0267. The summed E-state index contributed by atoms with van der Waals surface area (Å²) in [6.07, 6.45) is 3.45. The fourth-order valence-corrected chi connectivity index (χ4v) is 3.63. The predicted molar refractivity (Wildman–Crippen MR) is 116 cm³/mol. The van der Waals surface area contributed by atoms with Gasteiger partial charge in [0.2, 0.25) is 11.6 Å². The molecule has 150 valence electrons. The Morgan fingerprint density at radius 2 is 1.77 bits per heavy atom. The molecule has 0 saturated carbocycles. The van der Waals surface area contributed by atoms with Crippen LogP contribution in [0.2, 0.25) is 5.02 Å². The number of hydrogen-bond donors (Lipinski definition) is 1. The monoisotopic (exact) mass is 418 g/mol. The molecule has 4 aromatic rings. The Hall–Kier alpha value is -3.57. The van der Waals surface area contributed by atoms with Crippen LogP contribution < -0.4 is 4.74 Å². The molecular weight excluding hydrogens is 400 g/mol. The minimum atomic E-state index is -0.232. The number of halogens is 1. The van der Waals surface area contributed by atoms with Gasteiger partial charge >= 0.3 is 0 Å². The molecule has 2 aromatic heterocycles. The molecule has 1 N–H and O–H groups in total. The average molecular weight is 419 g/mol. The fraction of sp³-hybridized carbons (Fsp3) is 0.0833. The molecule has 2 aromatic carbocycles. The Kier molecular flexibility index (Phi) is 5.29. The third kappa shape index (κ3) is 3.44. The summed E-state index contributed by atoms with van der Waals surface area (Å²) in [6, 6.07) is 17.6. The Bertz CT molecular complexity index is 1250. The van der Waals surface area contributed by atoms with E-state index in [-0.39, 0.29) is 11.6 Å². The molecule has 2 heterocycles. The first-order chi connectivity index (χ1) is 14.5. The van der Waals surface area contributed by atoms with Crippen LogP contribution in [0.15, 0.2) is 73.1 Å². The van der Waals surface area contributed by atoms with E-state index in [1.54, 1.807) is 59.4 Å². The number of methoxy groups -OCH3 is 1. The van der Waals surface area contributed by atoms with E-state index < -0.39 is 0 Å². The molecule has 30 heavy (non-hydrogen) atoms. The average Bonchev–Trinajstić information content (AvgIpc) is 3.42. The van der Waals surface area contributed by atoms with Crippen molar-refractivity contribution in [2.24, 2.45) is 0 Å². The highest BCUT2D eigenvalue weighted by Gasteiger charge is 2.23. The van der Waals surface area contributed by atoms with E-state index in [4.69, 9.17) is 16.3 Å². The van der Waals surface area contributed by atoms with Gasteiger partial charge in [0.25, 0.3) is 0 Å². The molecule has 0 saturated heterocycles. The van der Waals surface area contributed by atoms with Crippen molar-refractivity contribution in [3.8, 4) is 11.4 Å². The van der Waals surface area contributed by atoms with Gasteiger partial charge in [0.1, 0.15) is 11.4 Å². The van der Waals surface area contributed by atoms with E-state index in [2.05, 4.69) is 4.98 Å². The molecule has 0 unspecified atom stereocenters. The standard InChI is InChI=1S/C24H19ClN2O3/c1-15-6-3-4-7-17(15)24(29)22-19(11-12-26-22)27-13-5-8-20(27)23(28)18-10-9-16(25)14-21(18)30-2/h3-14,26H,1-2H3. The summed E-state index contributed by atoms with van der Waals surface area (Å²) in [7, 11) is 1.49. The van der Waals surface area contributed by atoms with Crippen molar-refractivity contribution in [1.82, 2.24) is 9.55 Å². The van der Waals surface area contributed by atoms with E-state index >= 15 is 0 Å².